The Morgan fingerprint density at radius 3 is 2.27 bits per heavy atom. The summed E-state index contributed by atoms with van der Waals surface area (Å²) in [6.45, 7) is 6.07. The van der Waals surface area contributed by atoms with Gasteiger partial charge in [0.05, 0.1) is 11.9 Å². The third kappa shape index (κ3) is 4.95. The monoisotopic (exact) mass is 235 g/mol. The standard InChI is InChI=1S/C10H21NO3S/c1-10(2,3)4-5-15(13,14)11-8-6-9(12)7-8/h8-9,11-12H,4-7H2,1-3H3. The smallest absolute Gasteiger partial charge is 0.211 e. The zero-order chi connectivity index (χ0) is 11.7. The van der Waals surface area contributed by atoms with E-state index in [1.165, 1.54) is 0 Å². The second kappa shape index (κ2) is 4.39. The summed E-state index contributed by atoms with van der Waals surface area (Å²) in [5.74, 6) is 0.170. The first-order chi connectivity index (χ1) is 6.68. The highest BCUT2D eigenvalue weighted by atomic mass is 32.2. The second-order valence-electron chi connectivity index (χ2n) is 5.57. The number of hydrogen-bond donors (Lipinski definition) is 2. The van der Waals surface area contributed by atoms with Crippen molar-refractivity contribution >= 4 is 10.0 Å². The Bertz CT molecular complexity index is 299. The minimum absolute atomic E-state index is 0.0356. The van der Waals surface area contributed by atoms with E-state index in [1.54, 1.807) is 0 Å². The van der Waals surface area contributed by atoms with E-state index in [4.69, 9.17) is 5.11 Å². The van der Waals surface area contributed by atoms with Gasteiger partial charge in [-0.1, -0.05) is 20.8 Å². The molecule has 0 atom stereocenters. The third-order valence-corrected chi connectivity index (χ3v) is 4.01. The highest BCUT2D eigenvalue weighted by Crippen LogP contribution is 2.22. The molecule has 0 aliphatic heterocycles. The average molecular weight is 235 g/mol. The van der Waals surface area contributed by atoms with Gasteiger partial charge >= 0.3 is 0 Å². The van der Waals surface area contributed by atoms with Crippen LogP contribution in [-0.2, 0) is 10.0 Å². The van der Waals surface area contributed by atoms with Gasteiger partial charge in [0.1, 0.15) is 0 Å². The van der Waals surface area contributed by atoms with Crippen LogP contribution in [0.3, 0.4) is 0 Å². The Morgan fingerprint density at radius 2 is 1.87 bits per heavy atom. The number of nitrogens with one attached hydrogen (secondary N) is 1. The summed E-state index contributed by atoms with van der Waals surface area (Å²) >= 11 is 0. The predicted molar refractivity (Wildman–Crippen MR) is 60.0 cm³/mol. The first-order valence-electron chi connectivity index (χ1n) is 5.36. The maximum Gasteiger partial charge on any atom is 0.211 e. The first kappa shape index (κ1) is 12.9. The second-order valence-corrected chi connectivity index (χ2v) is 7.44. The summed E-state index contributed by atoms with van der Waals surface area (Å²) in [7, 11) is -3.16. The van der Waals surface area contributed by atoms with Crippen molar-refractivity contribution in [3.05, 3.63) is 0 Å². The van der Waals surface area contributed by atoms with Crippen LogP contribution in [-0.4, -0.2) is 31.4 Å². The van der Waals surface area contributed by atoms with Gasteiger partial charge in [-0.2, -0.15) is 0 Å². The van der Waals surface area contributed by atoms with E-state index in [0.717, 1.165) is 0 Å². The fraction of sp³-hybridized carbons (Fsp3) is 1.00. The van der Waals surface area contributed by atoms with Crippen LogP contribution in [0.4, 0.5) is 0 Å². The molecule has 90 valence electrons. The molecule has 0 heterocycles. The Labute approximate surface area is 92.1 Å². The van der Waals surface area contributed by atoms with Crippen molar-refractivity contribution in [1.82, 2.24) is 4.72 Å². The number of rotatable bonds is 4. The van der Waals surface area contributed by atoms with Crippen molar-refractivity contribution in [1.29, 1.82) is 0 Å². The van der Waals surface area contributed by atoms with E-state index >= 15 is 0 Å². The van der Waals surface area contributed by atoms with Crippen molar-refractivity contribution in [2.24, 2.45) is 5.41 Å². The van der Waals surface area contributed by atoms with Crippen LogP contribution in [0, 0.1) is 5.41 Å². The molecule has 1 aliphatic carbocycles. The van der Waals surface area contributed by atoms with Gasteiger partial charge in [-0.15, -0.1) is 0 Å². The lowest BCUT2D eigenvalue weighted by Gasteiger charge is -2.32. The van der Waals surface area contributed by atoms with Gasteiger partial charge in [0.25, 0.3) is 0 Å². The molecular weight excluding hydrogens is 214 g/mol. The third-order valence-electron chi connectivity index (χ3n) is 2.58. The Kier molecular flexibility index (Phi) is 3.79. The van der Waals surface area contributed by atoms with Crippen LogP contribution in [0.5, 0.6) is 0 Å². The van der Waals surface area contributed by atoms with E-state index in [2.05, 4.69) is 4.72 Å². The van der Waals surface area contributed by atoms with Crippen LogP contribution < -0.4 is 4.72 Å². The Balaban J connectivity index is 2.33. The van der Waals surface area contributed by atoms with Gasteiger partial charge < -0.3 is 5.11 Å². The van der Waals surface area contributed by atoms with Crippen molar-refractivity contribution in [2.45, 2.75) is 52.2 Å². The van der Waals surface area contributed by atoms with Crippen molar-refractivity contribution in [3.63, 3.8) is 0 Å². The molecule has 0 amide bonds. The van der Waals surface area contributed by atoms with Gasteiger partial charge in [-0.05, 0) is 24.7 Å². The highest BCUT2D eigenvalue weighted by molar-refractivity contribution is 7.89. The molecule has 0 spiro atoms. The SMILES string of the molecule is CC(C)(C)CCS(=O)(=O)NC1CC(O)C1. The van der Waals surface area contributed by atoms with Crippen LogP contribution in [0.15, 0.2) is 0 Å². The molecule has 2 N–H and O–H groups in total. The Hall–Kier alpha value is -0.130. The molecule has 1 saturated carbocycles. The molecule has 5 heteroatoms. The normalized spacial score (nSPS) is 27.5. The first-order valence-corrected chi connectivity index (χ1v) is 7.01. The Morgan fingerprint density at radius 1 is 1.33 bits per heavy atom. The summed E-state index contributed by atoms with van der Waals surface area (Å²) in [4.78, 5) is 0. The fourth-order valence-electron chi connectivity index (χ4n) is 1.44. The number of aliphatic hydroxyl groups is 1. The molecular formula is C10H21NO3S. The minimum Gasteiger partial charge on any atom is -0.393 e. The van der Waals surface area contributed by atoms with Gasteiger partial charge in [0.15, 0.2) is 0 Å². The zero-order valence-electron chi connectivity index (χ0n) is 9.66. The molecule has 0 aromatic carbocycles. The van der Waals surface area contributed by atoms with E-state index in [9.17, 15) is 8.42 Å². The fourth-order valence-corrected chi connectivity index (χ4v) is 3.14. The van der Waals surface area contributed by atoms with Crippen LogP contribution in [0.25, 0.3) is 0 Å². The molecule has 0 unspecified atom stereocenters. The van der Waals surface area contributed by atoms with E-state index in [-0.39, 0.29) is 23.3 Å². The predicted octanol–water partition coefficient (Wildman–Crippen LogP) is 0.865. The molecule has 0 bridgehead atoms. The zero-order valence-corrected chi connectivity index (χ0v) is 10.5. The lowest BCUT2D eigenvalue weighted by atomic mass is 9.91. The van der Waals surface area contributed by atoms with Crippen molar-refractivity contribution in [2.75, 3.05) is 5.75 Å². The average Bonchev–Trinajstić information content (AvgIpc) is 1.97. The summed E-state index contributed by atoms with van der Waals surface area (Å²) < 4.78 is 25.8. The maximum absolute atomic E-state index is 11.6. The molecule has 4 nitrogen and oxygen atoms in total. The molecule has 1 rings (SSSR count). The van der Waals surface area contributed by atoms with E-state index < -0.39 is 10.0 Å². The van der Waals surface area contributed by atoms with Crippen LogP contribution in [0.2, 0.25) is 0 Å². The topological polar surface area (TPSA) is 66.4 Å². The largest absolute Gasteiger partial charge is 0.393 e. The lowest BCUT2D eigenvalue weighted by Crippen LogP contribution is -2.47. The molecule has 0 saturated heterocycles. The van der Waals surface area contributed by atoms with Crippen molar-refractivity contribution in [3.8, 4) is 0 Å². The summed E-state index contributed by atoms with van der Waals surface area (Å²) in [5, 5.41) is 9.04. The minimum atomic E-state index is -3.16. The quantitative estimate of drug-likeness (QED) is 0.759. The highest BCUT2D eigenvalue weighted by Gasteiger charge is 2.30. The van der Waals surface area contributed by atoms with Gasteiger partial charge in [0.2, 0.25) is 10.0 Å². The van der Waals surface area contributed by atoms with Gasteiger partial charge in [0, 0.05) is 6.04 Å². The molecule has 1 fully saturated rings. The maximum atomic E-state index is 11.6. The van der Waals surface area contributed by atoms with Crippen molar-refractivity contribution < 1.29 is 13.5 Å². The summed E-state index contributed by atoms with van der Waals surface area (Å²) in [6.07, 6.45) is 1.43. The number of hydrogen-bond acceptors (Lipinski definition) is 3. The summed E-state index contributed by atoms with van der Waals surface area (Å²) in [6, 6.07) is -0.0510. The molecule has 0 radical (unpaired) electrons. The molecule has 15 heavy (non-hydrogen) atoms. The summed E-state index contributed by atoms with van der Waals surface area (Å²) in [5.41, 5.74) is 0.0356. The molecule has 0 aromatic heterocycles. The van der Waals surface area contributed by atoms with E-state index in [1.807, 2.05) is 20.8 Å². The lowest BCUT2D eigenvalue weighted by molar-refractivity contribution is 0.0711. The van der Waals surface area contributed by atoms with Crippen LogP contribution >= 0.6 is 0 Å². The molecule has 1 aliphatic rings. The number of sulfonamides is 1. The van der Waals surface area contributed by atoms with Gasteiger partial charge in [-0.25, -0.2) is 13.1 Å². The number of aliphatic hydroxyl groups excluding tert-OH is 1. The molecule has 0 aromatic rings. The van der Waals surface area contributed by atoms with Gasteiger partial charge in [-0.3, -0.25) is 0 Å². The van der Waals surface area contributed by atoms with Crippen LogP contribution in [0.1, 0.15) is 40.0 Å². The van der Waals surface area contributed by atoms with E-state index in [0.29, 0.717) is 19.3 Å².